The lowest BCUT2D eigenvalue weighted by Gasteiger charge is -2.38. The summed E-state index contributed by atoms with van der Waals surface area (Å²) in [6.07, 6.45) is 1.32. The molecule has 8 nitrogen and oxygen atoms in total. The highest BCUT2D eigenvalue weighted by Crippen LogP contribution is 2.29. The van der Waals surface area contributed by atoms with Crippen LogP contribution in [0.4, 0.5) is 15.8 Å². The second-order valence-corrected chi connectivity index (χ2v) is 8.31. The smallest absolute Gasteiger partial charge is 0.255 e. The van der Waals surface area contributed by atoms with Gasteiger partial charge in [0, 0.05) is 38.9 Å². The number of carbonyl (C=O) groups excluding carboxylic acids is 1. The van der Waals surface area contributed by atoms with Gasteiger partial charge in [0.15, 0.2) is 0 Å². The number of amides is 1. The van der Waals surface area contributed by atoms with Crippen LogP contribution in [0, 0.1) is 5.82 Å². The molecule has 10 heteroatoms. The first-order valence-electron chi connectivity index (χ1n) is 10.7. The van der Waals surface area contributed by atoms with Crippen LogP contribution in [0.15, 0.2) is 30.3 Å². The third-order valence-corrected chi connectivity index (χ3v) is 6.00. The molecule has 1 aliphatic heterocycles. The standard InChI is InChI=1S/C23H30ClFN4O4/c1-31-21-12-17(26)16(24)11-15(21)23(30)28-19-6-8-29(13-22(19)32-2)7-3-9-33-20-5-4-14(25)10-18(20)27/h4-5,10-12,19,22H,3,6-9,13,26-27H2,1-2H3,(H,28,30). The van der Waals surface area contributed by atoms with E-state index < -0.39 is 5.82 Å². The van der Waals surface area contributed by atoms with Crippen LogP contribution in [-0.2, 0) is 4.74 Å². The van der Waals surface area contributed by atoms with E-state index in [0.717, 1.165) is 25.9 Å². The fourth-order valence-corrected chi connectivity index (χ4v) is 4.03. The molecule has 5 N–H and O–H groups in total. The molecule has 3 rings (SSSR count). The summed E-state index contributed by atoms with van der Waals surface area (Å²) in [6, 6.07) is 6.98. The van der Waals surface area contributed by atoms with E-state index in [1.54, 1.807) is 7.11 Å². The van der Waals surface area contributed by atoms with Crippen molar-refractivity contribution < 1.29 is 23.4 Å². The number of hydrogen-bond donors (Lipinski definition) is 3. The van der Waals surface area contributed by atoms with E-state index in [1.807, 2.05) is 0 Å². The van der Waals surface area contributed by atoms with Gasteiger partial charge in [-0.1, -0.05) is 11.6 Å². The molecule has 180 valence electrons. The summed E-state index contributed by atoms with van der Waals surface area (Å²) in [5.74, 6) is 0.159. The number of methoxy groups -OCH3 is 2. The number of hydrogen-bond acceptors (Lipinski definition) is 7. The van der Waals surface area contributed by atoms with Crippen molar-refractivity contribution in [3.63, 3.8) is 0 Å². The highest BCUT2D eigenvalue weighted by atomic mass is 35.5. The van der Waals surface area contributed by atoms with E-state index in [0.29, 0.717) is 40.9 Å². The van der Waals surface area contributed by atoms with E-state index in [4.69, 9.17) is 37.3 Å². The molecule has 1 aliphatic rings. The van der Waals surface area contributed by atoms with Crippen molar-refractivity contribution in [2.24, 2.45) is 0 Å². The van der Waals surface area contributed by atoms with Crippen molar-refractivity contribution in [2.45, 2.75) is 25.0 Å². The van der Waals surface area contributed by atoms with E-state index >= 15 is 0 Å². The van der Waals surface area contributed by atoms with Crippen LogP contribution in [0.2, 0.25) is 5.02 Å². The van der Waals surface area contributed by atoms with Crippen molar-refractivity contribution in [3.05, 3.63) is 46.7 Å². The Balaban J connectivity index is 1.50. The molecular weight excluding hydrogens is 451 g/mol. The largest absolute Gasteiger partial charge is 0.496 e. The minimum atomic E-state index is -0.390. The molecule has 1 amide bonds. The zero-order chi connectivity index (χ0) is 24.0. The average Bonchev–Trinajstić information content (AvgIpc) is 2.80. The van der Waals surface area contributed by atoms with Gasteiger partial charge in [-0.2, -0.15) is 0 Å². The van der Waals surface area contributed by atoms with Gasteiger partial charge in [-0.05, 0) is 31.0 Å². The number of carbonyl (C=O) groups is 1. The number of halogens is 2. The quantitative estimate of drug-likeness (QED) is 0.373. The maximum atomic E-state index is 13.1. The van der Waals surface area contributed by atoms with Crippen LogP contribution in [0.5, 0.6) is 11.5 Å². The summed E-state index contributed by atoms with van der Waals surface area (Å²) in [7, 11) is 3.11. The third kappa shape index (κ3) is 6.40. The molecule has 1 fully saturated rings. The lowest BCUT2D eigenvalue weighted by atomic mass is 10.0. The van der Waals surface area contributed by atoms with Gasteiger partial charge in [-0.25, -0.2) is 4.39 Å². The number of ether oxygens (including phenoxy) is 3. The Morgan fingerprint density at radius 1 is 1.21 bits per heavy atom. The number of nitrogen functional groups attached to an aromatic ring is 2. The van der Waals surface area contributed by atoms with Gasteiger partial charge < -0.3 is 35.9 Å². The first-order chi connectivity index (χ1) is 15.8. The number of nitrogens with one attached hydrogen (secondary N) is 1. The van der Waals surface area contributed by atoms with Crippen LogP contribution < -0.4 is 26.3 Å². The first-order valence-corrected chi connectivity index (χ1v) is 11.1. The van der Waals surface area contributed by atoms with Gasteiger partial charge in [0.2, 0.25) is 0 Å². The number of benzene rings is 2. The van der Waals surface area contributed by atoms with Crippen LogP contribution >= 0.6 is 11.6 Å². The molecule has 1 saturated heterocycles. The lowest BCUT2D eigenvalue weighted by Crippen LogP contribution is -2.55. The van der Waals surface area contributed by atoms with Crippen molar-refractivity contribution in [2.75, 3.05) is 51.9 Å². The Kier molecular flexibility index (Phi) is 8.60. The maximum Gasteiger partial charge on any atom is 0.255 e. The van der Waals surface area contributed by atoms with Crippen LogP contribution in [0.3, 0.4) is 0 Å². The van der Waals surface area contributed by atoms with Crippen LogP contribution in [0.1, 0.15) is 23.2 Å². The SMILES string of the molecule is COc1cc(N)c(Cl)cc1C(=O)NC1CCN(CCCOc2ccc(F)cc2N)CC1OC. The second-order valence-electron chi connectivity index (χ2n) is 7.90. The van der Waals surface area contributed by atoms with Gasteiger partial charge in [-0.3, -0.25) is 4.79 Å². The van der Waals surface area contributed by atoms with Crippen molar-refractivity contribution in [1.82, 2.24) is 10.2 Å². The highest BCUT2D eigenvalue weighted by Gasteiger charge is 2.31. The third-order valence-electron chi connectivity index (χ3n) is 5.67. The Morgan fingerprint density at radius 3 is 2.70 bits per heavy atom. The van der Waals surface area contributed by atoms with E-state index in [-0.39, 0.29) is 23.7 Å². The molecule has 0 aliphatic carbocycles. The second kappa shape index (κ2) is 11.4. The van der Waals surface area contributed by atoms with Gasteiger partial charge in [0.25, 0.3) is 5.91 Å². The van der Waals surface area contributed by atoms with Crippen LogP contribution in [-0.4, -0.2) is 63.4 Å². The first kappa shape index (κ1) is 24.9. The fourth-order valence-electron chi connectivity index (χ4n) is 3.87. The molecule has 0 bridgehead atoms. The predicted octanol–water partition coefficient (Wildman–Crippen LogP) is 2.94. The summed E-state index contributed by atoms with van der Waals surface area (Å²) in [5, 5.41) is 3.33. The summed E-state index contributed by atoms with van der Waals surface area (Å²) in [5.41, 5.74) is 12.5. The average molecular weight is 481 g/mol. The van der Waals surface area contributed by atoms with Gasteiger partial charge >= 0.3 is 0 Å². The molecule has 0 radical (unpaired) electrons. The minimum Gasteiger partial charge on any atom is -0.496 e. The zero-order valence-electron chi connectivity index (χ0n) is 18.8. The van der Waals surface area contributed by atoms with Gasteiger partial charge in [0.1, 0.15) is 17.3 Å². The number of nitrogens with zero attached hydrogens (tertiary/aromatic N) is 1. The van der Waals surface area contributed by atoms with Gasteiger partial charge in [-0.15, -0.1) is 0 Å². The number of nitrogens with two attached hydrogens (primary N) is 2. The van der Waals surface area contributed by atoms with Crippen molar-refractivity contribution in [3.8, 4) is 11.5 Å². The molecular formula is C23H30ClFN4O4. The van der Waals surface area contributed by atoms with Crippen molar-refractivity contribution in [1.29, 1.82) is 0 Å². The number of piperidine rings is 1. The molecule has 33 heavy (non-hydrogen) atoms. The summed E-state index contributed by atoms with van der Waals surface area (Å²) in [4.78, 5) is 15.1. The van der Waals surface area contributed by atoms with E-state index in [9.17, 15) is 9.18 Å². The number of rotatable bonds is 9. The molecule has 0 saturated carbocycles. The lowest BCUT2D eigenvalue weighted by molar-refractivity contribution is 0.00527. The zero-order valence-corrected chi connectivity index (χ0v) is 19.5. The monoisotopic (exact) mass is 480 g/mol. The van der Waals surface area contributed by atoms with Crippen LogP contribution in [0.25, 0.3) is 0 Å². The molecule has 0 spiro atoms. The predicted molar refractivity (Wildman–Crippen MR) is 126 cm³/mol. The van der Waals surface area contributed by atoms with E-state index in [2.05, 4.69) is 10.2 Å². The minimum absolute atomic E-state index is 0.157. The Labute approximate surface area is 197 Å². The van der Waals surface area contributed by atoms with Crippen molar-refractivity contribution >= 4 is 28.9 Å². The fraction of sp³-hybridized carbons (Fsp3) is 0.435. The Bertz CT molecular complexity index is 978. The van der Waals surface area contributed by atoms with E-state index in [1.165, 1.54) is 37.4 Å². The number of likely N-dealkylation sites (tertiary alicyclic amines) is 1. The summed E-state index contributed by atoms with van der Waals surface area (Å²) in [6.45, 7) is 2.72. The molecule has 2 atom stereocenters. The molecule has 2 unspecified atom stereocenters. The highest BCUT2D eigenvalue weighted by molar-refractivity contribution is 6.33. The normalized spacial score (nSPS) is 18.7. The molecule has 2 aromatic carbocycles. The Hall–Kier alpha value is -2.75. The molecule has 2 aromatic rings. The molecule has 1 heterocycles. The topological polar surface area (TPSA) is 112 Å². The Morgan fingerprint density at radius 2 is 2.00 bits per heavy atom. The molecule has 0 aromatic heterocycles. The summed E-state index contributed by atoms with van der Waals surface area (Å²) >= 11 is 6.09. The summed E-state index contributed by atoms with van der Waals surface area (Å²) < 4.78 is 29.7. The maximum absolute atomic E-state index is 13.1. The van der Waals surface area contributed by atoms with Gasteiger partial charge in [0.05, 0.1) is 47.8 Å². The number of anilines is 2.